The fourth-order valence-electron chi connectivity index (χ4n) is 3.79. The van der Waals surface area contributed by atoms with Crippen molar-refractivity contribution in [1.82, 2.24) is 29.0 Å². The minimum Gasteiger partial charge on any atom is -0.374 e. The van der Waals surface area contributed by atoms with Gasteiger partial charge in [0.1, 0.15) is 11.8 Å². The van der Waals surface area contributed by atoms with Crippen LogP contribution in [0.25, 0.3) is 16.8 Å². The first-order valence-electron chi connectivity index (χ1n) is 11.3. The quantitative estimate of drug-likeness (QED) is 0.569. The van der Waals surface area contributed by atoms with Crippen LogP contribution >= 0.6 is 11.6 Å². The lowest BCUT2D eigenvalue weighted by Crippen LogP contribution is -2.41. The van der Waals surface area contributed by atoms with Crippen molar-refractivity contribution >= 4 is 29.0 Å². The van der Waals surface area contributed by atoms with Crippen molar-refractivity contribution in [2.45, 2.75) is 58.2 Å². The third-order valence-electron chi connectivity index (χ3n) is 5.80. The number of rotatable bonds is 6. The highest BCUT2D eigenvalue weighted by atomic mass is 35.5. The van der Waals surface area contributed by atoms with Gasteiger partial charge >= 0.3 is 0 Å². The summed E-state index contributed by atoms with van der Waals surface area (Å²) < 4.78 is 8.92. The Morgan fingerprint density at radius 3 is 2.79 bits per heavy atom. The summed E-state index contributed by atoms with van der Waals surface area (Å²) in [5.41, 5.74) is 1.06. The molecule has 1 fully saturated rings. The molecule has 1 aliphatic rings. The standard InChI is InChI=1S/C23H30ClN7O3/c1-14(12-34-23(2,3)4)30-13-26-31-11-15(8-18(31)21(30)33)20-17(24)10-25-22(28-20)27-16-6-7-29(5)19(32)9-16/h8,10-11,13-14,16H,6-7,9,12H2,1-5H3,(H,25,27,28). The fourth-order valence-corrected chi connectivity index (χ4v) is 3.99. The first-order valence-corrected chi connectivity index (χ1v) is 11.7. The Morgan fingerprint density at radius 1 is 1.32 bits per heavy atom. The molecule has 182 valence electrons. The molecule has 1 N–H and O–H groups in total. The average molecular weight is 488 g/mol. The maximum Gasteiger partial charge on any atom is 0.278 e. The van der Waals surface area contributed by atoms with Crippen LogP contribution in [0.1, 0.15) is 46.6 Å². The van der Waals surface area contributed by atoms with E-state index in [0.29, 0.717) is 47.3 Å². The Bertz CT molecular complexity index is 1260. The number of likely N-dealkylation sites (tertiary alicyclic amines) is 1. The third-order valence-corrected chi connectivity index (χ3v) is 6.07. The number of hydrogen-bond donors (Lipinski definition) is 1. The molecule has 3 aromatic heterocycles. The van der Waals surface area contributed by atoms with Gasteiger partial charge < -0.3 is 15.0 Å². The molecular weight excluding hydrogens is 458 g/mol. The zero-order valence-electron chi connectivity index (χ0n) is 20.1. The Hall–Kier alpha value is -2.98. The average Bonchev–Trinajstić information content (AvgIpc) is 3.21. The molecule has 1 aliphatic heterocycles. The molecule has 4 rings (SSSR count). The first-order chi connectivity index (χ1) is 16.0. The van der Waals surface area contributed by atoms with Gasteiger partial charge in [-0.25, -0.2) is 14.5 Å². The zero-order chi connectivity index (χ0) is 24.6. The number of hydrogen-bond acceptors (Lipinski definition) is 7. The van der Waals surface area contributed by atoms with E-state index in [1.165, 1.54) is 17.0 Å². The molecule has 0 bridgehead atoms. The second-order valence-corrected chi connectivity index (χ2v) is 10.1. The van der Waals surface area contributed by atoms with E-state index in [2.05, 4.69) is 20.4 Å². The van der Waals surface area contributed by atoms with Gasteiger partial charge in [-0.15, -0.1) is 0 Å². The van der Waals surface area contributed by atoms with Gasteiger partial charge in [0.25, 0.3) is 5.56 Å². The van der Waals surface area contributed by atoms with E-state index in [1.807, 2.05) is 27.7 Å². The second kappa shape index (κ2) is 9.34. The van der Waals surface area contributed by atoms with Crippen LogP contribution in [0.2, 0.25) is 5.02 Å². The van der Waals surface area contributed by atoms with Crippen LogP contribution in [-0.4, -0.2) is 66.8 Å². The summed E-state index contributed by atoms with van der Waals surface area (Å²) in [5.74, 6) is 0.469. The molecule has 0 spiro atoms. The maximum absolute atomic E-state index is 13.1. The maximum atomic E-state index is 13.1. The normalized spacial score (nSPS) is 17.9. The molecule has 0 saturated carbocycles. The Labute approximate surface area is 202 Å². The number of nitrogens with zero attached hydrogens (tertiary/aromatic N) is 6. The summed E-state index contributed by atoms with van der Waals surface area (Å²) in [6.45, 7) is 8.91. The number of fused-ring (bicyclic) bond motifs is 1. The number of ether oxygens (including phenoxy) is 1. The summed E-state index contributed by atoms with van der Waals surface area (Å²) in [5, 5.41) is 7.98. The van der Waals surface area contributed by atoms with E-state index in [9.17, 15) is 9.59 Å². The smallest absolute Gasteiger partial charge is 0.278 e. The van der Waals surface area contributed by atoms with Gasteiger partial charge in [-0.3, -0.25) is 14.2 Å². The monoisotopic (exact) mass is 487 g/mol. The van der Waals surface area contributed by atoms with Crippen LogP contribution in [0, 0.1) is 0 Å². The van der Waals surface area contributed by atoms with Crippen LogP contribution in [0.15, 0.2) is 29.6 Å². The number of anilines is 1. The van der Waals surface area contributed by atoms with E-state index in [-0.39, 0.29) is 29.2 Å². The van der Waals surface area contributed by atoms with Gasteiger partial charge in [0.2, 0.25) is 11.9 Å². The lowest BCUT2D eigenvalue weighted by atomic mass is 10.1. The molecule has 11 heteroatoms. The van der Waals surface area contributed by atoms with E-state index in [0.717, 1.165) is 6.42 Å². The van der Waals surface area contributed by atoms with Gasteiger partial charge in [-0.2, -0.15) is 5.10 Å². The van der Waals surface area contributed by atoms with Crippen LogP contribution in [0.4, 0.5) is 5.95 Å². The van der Waals surface area contributed by atoms with Crippen molar-refractivity contribution in [3.8, 4) is 11.3 Å². The number of amides is 1. The lowest BCUT2D eigenvalue weighted by molar-refractivity contribution is -0.132. The Morgan fingerprint density at radius 2 is 2.09 bits per heavy atom. The third kappa shape index (κ3) is 5.23. The van der Waals surface area contributed by atoms with Crippen molar-refractivity contribution in [1.29, 1.82) is 0 Å². The number of halogens is 1. The summed E-state index contributed by atoms with van der Waals surface area (Å²) in [4.78, 5) is 35.7. The fraction of sp³-hybridized carbons (Fsp3) is 0.522. The minimum absolute atomic E-state index is 0.0449. The van der Waals surface area contributed by atoms with Crippen molar-refractivity contribution in [2.24, 2.45) is 0 Å². The van der Waals surface area contributed by atoms with Crippen LogP contribution in [-0.2, 0) is 9.53 Å². The van der Waals surface area contributed by atoms with Crippen molar-refractivity contribution in [3.05, 3.63) is 40.2 Å². The number of carbonyl (C=O) groups is 1. The van der Waals surface area contributed by atoms with Crippen molar-refractivity contribution < 1.29 is 9.53 Å². The molecule has 2 atom stereocenters. The zero-order valence-corrected chi connectivity index (χ0v) is 20.8. The summed E-state index contributed by atoms with van der Waals surface area (Å²) in [7, 11) is 1.80. The lowest BCUT2D eigenvalue weighted by Gasteiger charge is -2.29. The Balaban J connectivity index is 1.60. The predicted octanol–water partition coefficient (Wildman–Crippen LogP) is 3.02. The van der Waals surface area contributed by atoms with Crippen molar-refractivity contribution in [2.75, 3.05) is 25.5 Å². The number of aromatic nitrogens is 5. The Kier molecular flexibility index (Phi) is 6.64. The molecule has 0 aromatic carbocycles. The molecule has 2 unspecified atom stereocenters. The van der Waals surface area contributed by atoms with Gasteiger partial charge in [0.05, 0.1) is 35.2 Å². The highest BCUT2D eigenvalue weighted by Gasteiger charge is 2.24. The largest absolute Gasteiger partial charge is 0.374 e. The molecule has 4 heterocycles. The van der Waals surface area contributed by atoms with Crippen LogP contribution < -0.4 is 10.9 Å². The number of carbonyl (C=O) groups excluding carboxylic acids is 1. The molecule has 1 amide bonds. The van der Waals surface area contributed by atoms with E-state index in [4.69, 9.17) is 16.3 Å². The second-order valence-electron chi connectivity index (χ2n) is 9.71. The highest BCUT2D eigenvalue weighted by molar-refractivity contribution is 6.32. The van der Waals surface area contributed by atoms with Gasteiger partial charge in [0.15, 0.2) is 0 Å². The highest BCUT2D eigenvalue weighted by Crippen LogP contribution is 2.28. The molecule has 0 radical (unpaired) electrons. The summed E-state index contributed by atoms with van der Waals surface area (Å²) in [6.07, 6.45) is 5.94. The first kappa shape index (κ1) is 24.2. The topological polar surface area (TPSA) is 107 Å². The SMILES string of the molecule is CC(COC(C)(C)C)n1cnn2cc(-c3nc(NC4CCN(C)C(=O)C4)ncc3Cl)cc2c1=O. The molecule has 1 saturated heterocycles. The predicted molar refractivity (Wildman–Crippen MR) is 130 cm³/mol. The number of nitrogens with one attached hydrogen (secondary N) is 1. The molecule has 34 heavy (non-hydrogen) atoms. The molecule has 10 nitrogen and oxygen atoms in total. The molecular formula is C23H30ClN7O3. The van der Waals surface area contributed by atoms with Gasteiger partial charge in [-0.05, 0) is 40.2 Å². The summed E-state index contributed by atoms with van der Waals surface area (Å²) in [6, 6.07) is 1.50. The van der Waals surface area contributed by atoms with Gasteiger partial charge in [0, 0.05) is 37.8 Å². The number of piperidine rings is 1. The van der Waals surface area contributed by atoms with Gasteiger partial charge in [-0.1, -0.05) is 11.6 Å². The summed E-state index contributed by atoms with van der Waals surface area (Å²) >= 11 is 6.41. The van der Waals surface area contributed by atoms with E-state index in [1.54, 1.807) is 28.8 Å². The van der Waals surface area contributed by atoms with Crippen LogP contribution in [0.3, 0.4) is 0 Å². The van der Waals surface area contributed by atoms with E-state index >= 15 is 0 Å². The van der Waals surface area contributed by atoms with Crippen molar-refractivity contribution in [3.63, 3.8) is 0 Å². The van der Waals surface area contributed by atoms with E-state index < -0.39 is 0 Å². The molecule has 0 aliphatic carbocycles. The molecule has 3 aromatic rings. The minimum atomic E-state index is -0.298. The van der Waals surface area contributed by atoms with Crippen LogP contribution in [0.5, 0.6) is 0 Å².